The molecule has 28 heavy (non-hydrogen) atoms. The van der Waals surface area contributed by atoms with Crippen LogP contribution >= 0.6 is 0 Å². The lowest BCUT2D eigenvalue weighted by molar-refractivity contribution is 0.101. The van der Waals surface area contributed by atoms with Crippen molar-refractivity contribution in [1.29, 1.82) is 0 Å². The molecule has 0 N–H and O–H groups in total. The molecule has 0 aromatic heterocycles. The zero-order valence-corrected chi connectivity index (χ0v) is 16.3. The highest BCUT2D eigenvalue weighted by Gasteiger charge is 2.31. The lowest BCUT2D eigenvalue weighted by atomic mass is 10.00. The molecule has 142 valence electrons. The van der Waals surface area contributed by atoms with Gasteiger partial charge in [0.05, 0.1) is 5.56 Å². The van der Waals surface area contributed by atoms with Gasteiger partial charge in [-0.05, 0) is 73.7 Å². The van der Waals surface area contributed by atoms with Crippen LogP contribution in [0.25, 0.3) is 5.57 Å². The highest BCUT2D eigenvalue weighted by Crippen LogP contribution is 2.39. The van der Waals surface area contributed by atoms with Crippen LogP contribution in [0.2, 0.25) is 0 Å². The number of nitrogens with zero attached hydrogens (tertiary/aromatic N) is 1. The van der Waals surface area contributed by atoms with Crippen LogP contribution in [0.5, 0.6) is 5.75 Å². The normalized spacial score (nSPS) is 20.1. The molecule has 2 aromatic rings. The number of carbonyl (C=O) groups excluding carboxylic acids is 1. The van der Waals surface area contributed by atoms with Gasteiger partial charge in [0, 0.05) is 12.1 Å². The number of likely N-dealkylation sites (tertiary alicyclic amines) is 1. The molecule has 3 heteroatoms. The summed E-state index contributed by atoms with van der Waals surface area (Å²) in [6, 6.07) is 12.3. The molecule has 0 spiro atoms. The van der Waals surface area contributed by atoms with E-state index in [0.29, 0.717) is 11.3 Å². The van der Waals surface area contributed by atoms with Crippen LogP contribution in [0.15, 0.2) is 54.3 Å². The first-order chi connectivity index (χ1) is 13.7. The molecule has 1 aliphatic carbocycles. The van der Waals surface area contributed by atoms with Gasteiger partial charge in [0.25, 0.3) is 0 Å². The van der Waals surface area contributed by atoms with E-state index in [0.717, 1.165) is 42.9 Å². The molecular weight excluding hydrogens is 346 g/mol. The molecule has 0 saturated carbocycles. The van der Waals surface area contributed by atoms with Crippen molar-refractivity contribution < 1.29 is 9.53 Å². The Hall–Kier alpha value is -2.65. The summed E-state index contributed by atoms with van der Waals surface area (Å²) in [5.74, 6) is 1.22. The van der Waals surface area contributed by atoms with Gasteiger partial charge in [-0.1, -0.05) is 42.8 Å². The number of ether oxygens (including phenoxy) is 1. The minimum Gasteiger partial charge on any atom is -0.452 e. The van der Waals surface area contributed by atoms with Crippen molar-refractivity contribution in [1.82, 2.24) is 4.90 Å². The maximum absolute atomic E-state index is 13.0. The molecule has 1 fully saturated rings. The van der Waals surface area contributed by atoms with E-state index in [1.54, 1.807) is 0 Å². The summed E-state index contributed by atoms with van der Waals surface area (Å²) in [7, 11) is 0. The molecule has 0 radical (unpaired) electrons. The molecule has 0 unspecified atom stereocenters. The average Bonchev–Trinajstić information content (AvgIpc) is 3.27. The summed E-state index contributed by atoms with van der Waals surface area (Å²) in [6.07, 6.45) is 8.85. The zero-order valence-electron chi connectivity index (χ0n) is 16.3. The summed E-state index contributed by atoms with van der Waals surface area (Å²) >= 11 is 0. The maximum Gasteiger partial charge on any atom is 0.231 e. The maximum atomic E-state index is 13.0. The van der Waals surface area contributed by atoms with E-state index in [4.69, 9.17) is 4.74 Å². The number of rotatable bonds is 3. The van der Waals surface area contributed by atoms with Gasteiger partial charge in [0.2, 0.25) is 5.78 Å². The number of aryl methyl sites for hydroxylation is 1. The standard InChI is InChI=1S/C25H25NO2/c1-17-9-12-21-24(27)23(15-19-11-10-18-7-3-4-8-20(18)19)28-25(21)22(17)16-26-13-5-2-6-14-26/h3-4,7-9,11-12,15H,2,5-6,10,13-14,16H2,1H3/b23-15-. The molecule has 2 aromatic carbocycles. The van der Waals surface area contributed by atoms with Crippen molar-refractivity contribution in [2.24, 2.45) is 0 Å². The quantitative estimate of drug-likeness (QED) is 0.705. The van der Waals surface area contributed by atoms with E-state index in [9.17, 15) is 4.79 Å². The smallest absolute Gasteiger partial charge is 0.231 e. The second-order valence-electron chi connectivity index (χ2n) is 8.04. The Balaban J connectivity index is 1.46. The Kier molecular flexibility index (Phi) is 4.40. The fraction of sp³-hybridized carbons (Fsp3) is 0.320. The van der Waals surface area contributed by atoms with Crippen LogP contribution < -0.4 is 4.74 Å². The average molecular weight is 371 g/mol. The van der Waals surface area contributed by atoms with E-state index < -0.39 is 0 Å². The van der Waals surface area contributed by atoms with Crippen molar-refractivity contribution in [3.63, 3.8) is 0 Å². The first kappa shape index (κ1) is 17.4. The summed E-state index contributed by atoms with van der Waals surface area (Å²) in [5.41, 5.74) is 6.66. The van der Waals surface area contributed by atoms with Gasteiger partial charge in [-0.25, -0.2) is 0 Å². The van der Waals surface area contributed by atoms with Crippen LogP contribution in [0.3, 0.4) is 0 Å². The fourth-order valence-electron chi connectivity index (χ4n) is 4.53. The number of Topliss-reactive ketones (excluding diaryl/α,β-unsaturated/α-hetero) is 1. The number of allylic oxidation sites excluding steroid dienone is 4. The molecule has 0 atom stereocenters. The Morgan fingerprint density at radius 1 is 1.04 bits per heavy atom. The minimum absolute atomic E-state index is 0.000162. The molecule has 3 aliphatic rings. The molecular formula is C25H25NO2. The van der Waals surface area contributed by atoms with Crippen molar-refractivity contribution in [3.05, 3.63) is 82.1 Å². The van der Waals surface area contributed by atoms with Crippen LogP contribution in [0, 0.1) is 6.92 Å². The van der Waals surface area contributed by atoms with Crippen molar-refractivity contribution in [3.8, 4) is 5.75 Å². The number of carbonyl (C=O) groups is 1. The van der Waals surface area contributed by atoms with Crippen LogP contribution in [0.1, 0.15) is 51.9 Å². The lowest BCUT2D eigenvalue weighted by Gasteiger charge is -2.27. The third-order valence-corrected chi connectivity index (χ3v) is 6.16. The molecule has 5 rings (SSSR count). The molecule has 1 saturated heterocycles. The van der Waals surface area contributed by atoms with E-state index in [-0.39, 0.29) is 5.78 Å². The van der Waals surface area contributed by atoms with Gasteiger partial charge >= 0.3 is 0 Å². The lowest BCUT2D eigenvalue weighted by Crippen LogP contribution is -2.29. The second kappa shape index (κ2) is 7.06. The predicted octanol–water partition coefficient (Wildman–Crippen LogP) is 5.08. The first-order valence-corrected chi connectivity index (χ1v) is 10.3. The number of ketones is 1. The highest BCUT2D eigenvalue weighted by molar-refractivity contribution is 6.13. The fourth-order valence-corrected chi connectivity index (χ4v) is 4.53. The molecule has 2 aliphatic heterocycles. The Morgan fingerprint density at radius 2 is 1.86 bits per heavy atom. The molecule has 3 nitrogen and oxygen atoms in total. The SMILES string of the molecule is Cc1ccc2c(c1CN1CCCCC1)O/C(=C\C1=CCc3ccccc31)C2=O. The Bertz CT molecular complexity index is 1010. The molecule has 2 heterocycles. The Morgan fingerprint density at radius 3 is 2.71 bits per heavy atom. The van der Waals surface area contributed by atoms with Gasteiger partial charge in [0.15, 0.2) is 5.76 Å². The summed E-state index contributed by atoms with van der Waals surface area (Å²) < 4.78 is 6.19. The second-order valence-corrected chi connectivity index (χ2v) is 8.04. The number of hydrogen-bond acceptors (Lipinski definition) is 3. The third kappa shape index (κ3) is 3.00. The number of fused-ring (bicyclic) bond motifs is 2. The van der Waals surface area contributed by atoms with E-state index in [2.05, 4.69) is 42.2 Å². The van der Waals surface area contributed by atoms with E-state index in [1.165, 1.54) is 36.0 Å². The van der Waals surface area contributed by atoms with Crippen molar-refractivity contribution in [2.45, 2.75) is 39.2 Å². The predicted molar refractivity (Wildman–Crippen MR) is 111 cm³/mol. The van der Waals surface area contributed by atoms with Crippen LogP contribution in [0.4, 0.5) is 0 Å². The third-order valence-electron chi connectivity index (χ3n) is 6.16. The summed E-state index contributed by atoms with van der Waals surface area (Å²) in [4.78, 5) is 15.5. The minimum atomic E-state index is 0.000162. The summed E-state index contributed by atoms with van der Waals surface area (Å²) in [6.45, 7) is 5.23. The Labute approximate surface area is 166 Å². The largest absolute Gasteiger partial charge is 0.452 e. The van der Waals surface area contributed by atoms with Gasteiger partial charge < -0.3 is 4.74 Å². The monoisotopic (exact) mass is 371 g/mol. The van der Waals surface area contributed by atoms with Crippen molar-refractivity contribution in [2.75, 3.05) is 13.1 Å². The van der Waals surface area contributed by atoms with Crippen LogP contribution in [-0.2, 0) is 13.0 Å². The van der Waals surface area contributed by atoms with Gasteiger partial charge in [-0.2, -0.15) is 0 Å². The van der Waals surface area contributed by atoms with Gasteiger partial charge in [0.1, 0.15) is 5.75 Å². The summed E-state index contributed by atoms with van der Waals surface area (Å²) in [5, 5.41) is 0. The van der Waals surface area contributed by atoms with Crippen LogP contribution in [-0.4, -0.2) is 23.8 Å². The number of benzene rings is 2. The van der Waals surface area contributed by atoms with E-state index in [1.807, 2.05) is 18.2 Å². The topological polar surface area (TPSA) is 29.5 Å². The van der Waals surface area contributed by atoms with Gasteiger partial charge in [-0.3, -0.25) is 9.69 Å². The number of piperidine rings is 1. The zero-order chi connectivity index (χ0) is 19.1. The van der Waals surface area contributed by atoms with Gasteiger partial charge in [-0.15, -0.1) is 0 Å². The first-order valence-electron chi connectivity index (χ1n) is 10.3. The highest BCUT2D eigenvalue weighted by atomic mass is 16.5. The molecule has 0 bridgehead atoms. The molecule has 0 amide bonds. The van der Waals surface area contributed by atoms with E-state index >= 15 is 0 Å². The van der Waals surface area contributed by atoms with Crippen molar-refractivity contribution >= 4 is 11.4 Å². The number of hydrogen-bond donors (Lipinski definition) is 0.